The molecule has 2 fully saturated rings. The van der Waals surface area contributed by atoms with E-state index in [0.29, 0.717) is 0 Å². The Kier molecular flexibility index (Phi) is 2.41. The molecule has 1 atom stereocenters. The minimum Gasteiger partial charge on any atom is -0.393 e. The molecular weight excluding hydrogens is 184 g/mol. The van der Waals surface area contributed by atoms with Crippen LogP contribution in [0.1, 0.15) is 25.7 Å². The molecule has 78 valence electrons. The van der Waals surface area contributed by atoms with Gasteiger partial charge in [-0.15, -0.1) is 0 Å². The molecule has 1 aliphatic carbocycles. The molecule has 14 heavy (non-hydrogen) atoms. The van der Waals surface area contributed by atoms with Crippen LogP contribution in [0.5, 0.6) is 0 Å². The highest BCUT2D eigenvalue weighted by Gasteiger charge is 2.37. The van der Waals surface area contributed by atoms with Gasteiger partial charge in [0.05, 0.1) is 6.10 Å². The number of rotatable bonds is 1. The van der Waals surface area contributed by atoms with Gasteiger partial charge >= 0.3 is 6.03 Å². The Balaban J connectivity index is 1.95. The van der Waals surface area contributed by atoms with E-state index >= 15 is 0 Å². The largest absolute Gasteiger partial charge is 0.393 e. The Morgan fingerprint density at radius 1 is 1.14 bits per heavy atom. The molecule has 2 aliphatic rings. The van der Waals surface area contributed by atoms with E-state index in [1.807, 2.05) is 0 Å². The van der Waals surface area contributed by atoms with Crippen LogP contribution in [0.15, 0.2) is 0 Å². The molecule has 0 aromatic carbocycles. The van der Waals surface area contributed by atoms with E-state index in [4.69, 9.17) is 0 Å². The molecule has 2 rings (SSSR count). The van der Waals surface area contributed by atoms with Crippen LogP contribution in [-0.4, -0.2) is 29.2 Å². The number of hydrogen-bond acceptors (Lipinski definition) is 3. The second-order valence-corrected chi connectivity index (χ2v) is 4.01. The number of hydrogen-bond donors (Lipinski definition) is 3. The van der Waals surface area contributed by atoms with Gasteiger partial charge in [-0.1, -0.05) is 0 Å². The highest BCUT2D eigenvalue weighted by Crippen LogP contribution is 2.27. The van der Waals surface area contributed by atoms with Gasteiger partial charge in [0, 0.05) is 0 Å². The van der Waals surface area contributed by atoms with E-state index < -0.39 is 6.03 Å². The van der Waals surface area contributed by atoms with Crippen LogP contribution < -0.4 is 10.6 Å². The van der Waals surface area contributed by atoms with Crippen molar-refractivity contribution in [3.05, 3.63) is 0 Å². The lowest BCUT2D eigenvalue weighted by Gasteiger charge is -2.28. The summed E-state index contributed by atoms with van der Waals surface area (Å²) in [5.74, 6) is -0.0405. The van der Waals surface area contributed by atoms with Crippen LogP contribution in [0.3, 0.4) is 0 Å². The normalized spacial score (nSPS) is 37.9. The first kappa shape index (κ1) is 9.45. The van der Waals surface area contributed by atoms with Crippen molar-refractivity contribution in [1.29, 1.82) is 0 Å². The molecule has 5 heteroatoms. The molecule has 0 unspecified atom stereocenters. The number of carbonyl (C=O) groups is 2. The summed E-state index contributed by atoms with van der Waals surface area (Å²) in [5, 5.41) is 14.1. The monoisotopic (exact) mass is 198 g/mol. The van der Waals surface area contributed by atoms with E-state index in [1.165, 1.54) is 0 Å². The van der Waals surface area contributed by atoms with Crippen LogP contribution in [0.2, 0.25) is 0 Å². The van der Waals surface area contributed by atoms with Gasteiger partial charge in [0.1, 0.15) is 6.04 Å². The minimum absolute atomic E-state index is 0.185. The summed E-state index contributed by atoms with van der Waals surface area (Å²) < 4.78 is 0. The van der Waals surface area contributed by atoms with Crippen LogP contribution in [-0.2, 0) is 4.79 Å². The number of amides is 3. The van der Waals surface area contributed by atoms with Crippen molar-refractivity contribution in [3.8, 4) is 0 Å². The number of urea groups is 1. The van der Waals surface area contributed by atoms with Gasteiger partial charge < -0.3 is 10.4 Å². The average Bonchev–Trinajstić information content (AvgIpc) is 2.47. The first-order chi connectivity index (χ1) is 6.66. The van der Waals surface area contributed by atoms with Gasteiger partial charge in [0.2, 0.25) is 0 Å². The summed E-state index contributed by atoms with van der Waals surface area (Å²) in [6.07, 6.45) is 2.83. The number of aliphatic hydroxyl groups excluding tert-OH is 1. The molecule has 1 aliphatic heterocycles. The summed E-state index contributed by atoms with van der Waals surface area (Å²) in [6, 6.07) is -0.777. The Morgan fingerprint density at radius 2 is 1.79 bits per heavy atom. The Morgan fingerprint density at radius 3 is 2.29 bits per heavy atom. The summed E-state index contributed by atoms with van der Waals surface area (Å²) >= 11 is 0. The molecule has 0 aromatic rings. The quantitative estimate of drug-likeness (QED) is 0.508. The van der Waals surface area contributed by atoms with Gasteiger partial charge in [0.15, 0.2) is 0 Å². The SMILES string of the molecule is O=C1NC(=O)[C@H](C2CCC(O)CC2)N1. The molecule has 0 aromatic heterocycles. The molecule has 3 N–H and O–H groups in total. The van der Waals surface area contributed by atoms with E-state index in [1.54, 1.807) is 0 Å². The molecule has 0 spiro atoms. The molecule has 1 saturated carbocycles. The third-order valence-corrected chi connectivity index (χ3v) is 3.02. The van der Waals surface area contributed by atoms with E-state index in [2.05, 4.69) is 10.6 Å². The molecule has 1 heterocycles. The smallest absolute Gasteiger partial charge is 0.322 e. The molecule has 0 bridgehead atoms. The minimum atomic E-state index is -0.397. The van der Waals surface area contributed by atoms with Crippen LogP contribution in [0.4, 0.5) is 4.79 Å². The summed E-state index contributed by atoms with van der Waals surface area (Å²) in [5.41, 5.74) is 0. The van der Waals surface area contributed by atoms with Crippen LogP contribution in [0.25, 0.3) is 0 Å². The summed E-state index contributed by atoms with van der Waals surface area (Å²) in [4.78, 5) is 22.2. The van der Waals surface area contributed by atoms with Crippen molar-refractivity contribution < 1.29 is 14.7 Å². The zero-order chi connectivity index (χ0) is 10.1. The first-order valence-electron chi connectivity index (χ1n) is 4.96. The Labute approximate surface area is 81.9 Å². The fraction of sp³-hybridized carbons (Fsp3) is 0.778. The lowest BCUT2D eigenvalue weighted by molar-refractivity contribution is -0.121. The van der Waals surface area contributed by atoms with Crippen molar-refractivity contribution in [2.45, 2.75) is 37.8 Å². The standard InChI is InChI=1S/C9H14N2O3/c12-6-3-1-5(2-4-6)7-8(13)11-9(14)10-7/h5-7,12H,1-4H2,(H2,10,11,13,14)/t5?,6?,7-/m0/s1. The summed E-state index contributed by atoms with van der Waals surface area (Å²) in [7, 11) is 0. The molecular formula is C9H14N2O3. The highest BCUT2D eigenvalue weighted by atomic mass is 16.3. The maximum absolute atomic E-state index is 11.3. The Bertz CT molecular complexity index is 259. The predicted molar refractivity (Wildman–Crippen MR) is 48.4 cm³/mol. The van der Waals surface area contributed by atoms with Crippen molar-refractivity contribution in [3.63, 3.8) is 0 Å². The Hall–Kier alpha value is -1.10. The fourth-order valence-corrected chi connectivity index (χ4v) is 2.20. The van der Waals surface area contributed by atoms with Crippen LogP contribution >= 0.6 is 0 Å². The predicted octanol–water partition coefficient (Wildman–Crippen LogP) is -0.255. The van der Waals surface area contributed by atoms with Crippen molar-refractivity contribution in [1.82, 2.24) is 10.6 Å². The number of carbonyl (C=O) groups excluding carboxylic acids is 2. The maximum Gasteiger partial charge on any atom is 0.322 e. The fourth-order valence-electron chi connectivity index (χ4n) is 2.20. The molecule has 5 nitrogen and oxygen atoms in total. The molecule has 1 saturated heterocycles. The zero-order valence-corrected chi connectivity index (χ0v) is 7.82. The average molecular weight is 198 g/mol. The van der Waals surface area contributed by atoms with Gasteiger partial charge in [-0.2, -0.15) is 0 Å². The van der Waals surface area contributed by atoms with Crippen molar-refractivity contribution in [2.75, 3.05) is 0 Å². The van der Waals surface area contributed by atoms with Crippen molar-refractivity contribution >= 4 is 11.9 Å². The number of imide groups is 1. The van der Waals surface area contributed by atoms with Gasteiger partial charge in [0.25, 0.3) is 5.91 Å². The maximum atomic E-state index is 11.3. The highest BCUT2D eigenvalue weighted by molar-refractivity contribution is 6.04. The second-order valence-electron chi connectivity index (χ2n) is 4.01. The topological polar surface area (TPSA) is 78.4 Å². The zero-order valence-electron chi connectivity index (χ0n) is 7.82. The van der Waals surface area contributed by atoms with Crippen LogP contribution in [0, 0.1) is 5.92 Å². The van der Waals surface area contributed by atoms with E-state index in [9.17, 15) is 14.7 Å². The van der Waals surface area contributed by atoms with Crippen molar-refractivity contribution in [2.24, 2.45) is 5.92 Å². The lowest BCUT2D eigenvalue weighted by Crippen LogP contribution is -2.39. The lowest BCUT2D eigenvalue weighted by atomic mass is 9.82. The van der Waals surface area contributed by atoms with Gasteiger partial charge in [-0.25, -0.2) is 4.79 Å². The number of nitrogens with one attached hydrogen (secondary N) is 2. The first-order valence-corrected chi connectivity index (χ1v) is 4.96. The number of aliphatic hydroxyl groups is 1. The third-order valence-electron chi connectivity index (χ3n) is 3.02. The van der Waals surface area contributed by atoms with Gasteiger partial charge in [-0.3, -0.25) is 10.1 Å². The van der Waals surface area contributed by atoms with E-state index in [0.717, 1.165) is 25.7 Å². The van der Waals surface area contributed by atoms with E-state index in [-0.39, 0.29) is 24.0 Å². The second kappa shape index (κ2) is 3.57. The third kappa shape index (κ3) is 1.72. The molecule has 3 amide bonds. The summed E-state index contributed by atoms with van der Waals surface area (Å²) in [6.45, 7) is 0. The van der Waals surface area contributed by atoms with Gasteiger partial charge in [-0.05, 0) is 31.6 Å². The molecule has 0 radical (unpaired) electrons.